The van der Waals surface area contributed by atoms with Gasteiger partial charge in [-0.25, -0.2) is 4.39 Å². The number of halogens is 6. The minimum absolute atomic E-state index is 0.0315. The fourth-order valence-electron chi connectivity index (χ4n) is 1.84. The number of alkyl halides is 3. The molecular weight excluding hydrogens is 371 g/mol. The van der Waals surface area contributed by atoms with Crippen LogP contribution in [0.15, 0.2) is 36.4 Å². The van der Waals surface area contributed by atoms with Gasteiger partial charge in [0.05, 0.1) is 10.6 Å². The van der Waals surface area contributed by atoms with Crippen molar-refractivity contribution in [3.05, 3.63) is 69.0 Å². The third-order valence-corrected chi connectivity index (χ3v) is 3.90. The van der Waals surface area contributed by atoms with Gasteiger partial charge in [0.25, 0.3) is 0 Å². The van der Waals surface area contributed by atoms with Gasteiger partial charge >= 0.3 is 6.18 Å². The normalized spacial score (nSPS) is 11.9. The summed E-state index contributed by atoms with van der Waals surface area (Å²) in [6, 6.07) is 4.16. The van der Waals surface area contributed by atoms with Crippen LogP contribution in [0, 0.1) is 5.82 Å². The predicted octanol–water partition coefficient (Wildman–Crippen LogP) is 5.75. The number of aromatic hydroxyl groups is 1. The Kier molecular flexibility index (Phi) is 5.20. The third-order valence-electron chi connectivity index (χ3n) is 3.02. The molecule has 2 aromatic rings. The standard InChI is InChI=1S/C16H8Cl2F4O2/c17-14-8(2-4-13(24)15(14)18)1-3-12(23)9-5-10(16(20,21)22)7-11(19)6-9/h1-7,24H/b3-1+. The molecule has 0 aliphatic rings. The van der Waals surface area contributed by atoms with E-state index in [0.717, 1.165) is 6.08 Å². The van der Waals surface area contributed by atoms with Crippen LogP contribution in [0.3, 0.4) is 0 Å². The van der Waals surface area contributed by atoms with Crippen LogP contribution in [-0.2, 0) is 6.18 Å². The first-order valence-corrected chi connectivity index (χ1v) is 7.12. The number of carbonyl (C=O) groups is 1. The molecule has 126 valence electrons. The number of hydrogen-bond donors (Lipinski definition) is 1. The molecule has 0 aromatic heterocycles. The van der Waals surface area contributed by atoms with Gasteiger partial charge in [-0.05, 0) is 48.0 Å². The Hall–Kier alpha value is -2.05. The summed E-state index contributed by atoms with van der Waals surface area (Å²) in [5, 5.41) is 9.20. The van der Waals surface area contributed by atoms with Gasteiger partial charge in [-0.1, -0.05) is 23.2 Å². The number of rotatable bonds is 3. The van der Waals surface area contributed by atoms with Crippen LogP contribution < -0.4 is 0 Å². The molecular formula is C16H8Cl2F4O2. The molecule has 0 unspecified atom stereocenters. The van der Waals surface area contributed by atoms with Crippen molar-refractivity contribution in [3.8, 4) is 5.75 Å². The summed E-state index contributed by atoms with van der Waals surface area (Å²) in [6.07, 6.45) is -2.63. The van der Waals surface area contributed by atoms with Crippen molar-refractivity contribution in [1.29, 1.82) is 0 Å². The van der Waals surface area contributed by atoms with Crippen molar-refractivity contribution in [2.45, 2.75) is 6.18 Å². The van der Waals surface area contributed by atoms with Crippen molar-refractivity contribution in [1.82, 2.24) is 0 Å². The molecule has 2 rings (SSSR count). The monoisotopic (exact) mass is 378 g/mol. The van der Waals surface area contributed by atoms with Crippen LogP contribution in [0.4, 0.5) is 17.6 Å². The Morgan fingerprint density at radius 1 is 1.08 bits per heavy atom. The van der Waals surface area contributed by atoms with E-state index in [-0.39, 0.29) is 21.4 Å². The first-order valence-electron chi connectivity index (χ1n) is 6.37. The Bertz CT molecular complexity index is 830. The molecule has 2 nitrogen and oxygen atoms in total. The topological polar surface area (TPSA) is 37.3 Å². The second-order valence-corrected chi connectivity index (χ2v) is 5.48. The van der Waals surface area contributed by atoms with E-state index < -0.39 is 28.9 Å². The minimum Gasteiger partial charge on any atom is -0.506 e. The van der Waals surface area contributed by atoms with Crippen molar-refractivity contribution < 1.29 is 27.5 Å². The zero-order valence-corrected chi connectivity index (χ0v) is 13.2. The maximum absolute atomic E-state index is 13.3. The van der Waals surface area contributed by atoms with Gasteiger partial charge in [-0.2, -0.15) is 13.2 Å². The van der Waals surface area contributed by atoms with E-state index >= 15 is 0 Å². The summed E-state index contributed by atoms with van der Waals surface area (Å²) in [6.45, 7) is 0. The summed E-state index contributed by atoms with van der Waals surface area (Å²) in [7, 11) is 0. The molecule has 0 fully saturated rings. The van der Waals surface area contributed by atoms with Gasteiger partial charge in [0.2, 0.25) is 0 Å². The maximum Gasteiger partial charge on any atom is 0.416 e. The highest BCUT2D eigenvalue weighted by Gasteiger charge is 2.31. The highest BCUT2D eigenvalue weighted by molar-refractivity contribution is 6.43. The van der Waals surface area contributed by atoms with E-state index in [9.17, 15) is 27.5 Å². The summed E-state index contributed by atoms with van der Waals surface area (Å²) >= 11 is 11.6. The van der Waals surface area contributed by atoms with Crippen LogP contribution in [0.25, 0.3) is 6.08 Å². The van der Waals surface area contributed by atoms with Gasteiger partial charge in [-0.15, -0.1) is 0 Å². The fraction of sp³-hybridized carbons (Fsp3) is 0.0625. The van der Waals surface area contributed by atoms with E-state index in [0.29, 0.717) is 18.2 Å². The van der Waals surface area contributed by atoms with E-state index in [1.165, 1.54) is 18.2 Å². The van der Waals surface area contributed by atoms with Gasteiger partial charge in [-0.3, -0.25) is 4.79 Å². The Balaban J connectivity index is 2.34. The number of carbonyl (C=O) groups excluding carboxylic acids is 1. The first kappa shape index (κ1) is 18.3. The summed E-state index contributed by atoms with van der Waals surface area (Å²) in [5.41, 5.74) is -1.45. The van der Waals surface area contributed by atoms with E-state index in [1.54, 1.807) is 0 Å². The smallest absolute Gasteiger partial charge is 0.416 e. The molecule has 2 aromatic carbocycles. The molecule has 1 N–H and O–H groups in total. The molecule has 0 bridgehead atoms. The average Bonchev–Trinajstić information content (AvgIpc) is 2.50. The highest BCUT2D eigenvalue weighted by Crippen LogP contribution is 2.34. The summed E-state index contributed by atoms with van der Waals surface area (Å²) < 4.78 is 51.2. The molecule has 8 heteroatoms. The molecule has 0 atom stereocenters. The van der Waals surface area contributed by atoms with Crippen molar-refractivity contribution in [2.24, 2.45) is 0 Å². The van der Waals surface area contributed by atoms with Gasteiger partial charge in [0, 0.05) is 5.56 Å². The molecule has 0 aliphatic carbocycles. The molecule has 0 saturated carbocycles. The van der Waals surface area contributed by atoms with Crippen molar-refractivity contribution >= 4 is 35.1 Å². The number of phenolic OH excluding ortho intramolecular Hbond substituents is 1. The molecule has 0 saturated heterocycles. The van der Waals surface area contributed by atoms with Gasteiger partial charge in [0.1, 0.15) is 16.6 Å². The van der Waals surface area contributed by atoms with E-state index in [2.05, 4.69) is 0 Å². The molecule has 0 spiro atoms. The Labute approximate surface area is 143 Å². The first-order chi connectivity index (χ1) is 11.1. The van der Waals surface area contributed by atoms with Gasteiger partial charge < -0.3 is 5.11 Å². The molecule has 0 amide bonds. The number of phenols is 1. The number of allylic oxidation sites excluding steroid dienone is 1. The van der Waals surface area contributed by atoms with Crippen molar-refractivity contribution in [3.63, 3.8) is 0 Å². The van der Waals surface area contributed by atoms with E-state index in [4.69, 9.17) is 23.2 Å². The Morgan fingerprint density at radius 2 is 1.75 bits per heavy atom. The SMILES string of the molecule is O=C(/C=C/c1ccc(O)c(Cl)c1Cl)c1cc(F)cc(C(F)(F)F)c1. The largest absolute Gasteiger partial charge is 0.506 e. The zero-order valence-electron chi connectivity index (χ0n) is 11.7. The third kappa shape index (κ3) is 4.07. The lowest BCUT2D eigenvalue weighted by Gasteiger charge is -2.08. The highest BCUT2D eigenvalue weighted by atomic mass is 35.5. The summed E-state index contributed by atoms with van der Waals surface area (Å²) in [5.74, 6) is -2.28. The second kappa shape index (κ2) is 6.83. The number of hydrogen-bond acceptors (Lipinski definition) is 2. The zero-order chi connectivity index (χ0) is 18.1. The fourth-order valence-corrected chi connectivity index (χ4v) is 2.24. The number of ketones is 1. The molecule has 24 heavy (non-hydrogen) atoms. The lowest BCUT2D eigenvalue weighted by Crippen LogP contribution is -2.08. The van der Waals surface area contributed by atoms with Crippen LogP contribution in [-0.4, -0.2) is 10.9 Å². The Morgan fingerprint density at radius 3 is 2.38 bits per heavy atom. The summed E-state index contributed by atoms with van der Waals surface area (Å²) in [4.78, 5) is 12.0. The molecule has 0 aliphatic heterocycles. The molecule has 0 heterocycles. The van der Waals surface area contributed by atoms with Crippen LogP contribution in [0.1, 0.15) is 21.5 Å². The minimum atomic E-state index is -4.77. The molecule has 0 radical (unpaired) electrons. The number of benzene rings is 2. The van der Waals surface area contributed by atoms with E-state index in [1.807, 2.05) is 0 Å². The van der Waals surface area contributed by atoms with Crippen LogP contribution in [0.2, 0.25) is 10.0 Å². The predicted molar refractivity (Wildman–Crippen MR) is 82.9 cm³/mol. The van der Waals surface area contributed by atoms with Crippen molar-refractivity contribution in [2.75, 3.05) is 0 Å². The average molecular weight is 379 g/mol. The van der Waals surface area contributed by atoms with Crippen LogP contribution >= 0.6 is 23.2 Å². The lowest BCUT2D eigenvalue weighted by atomic mass is 10.1. The second-order valence-electron chi connectivity index (χ2n) is 4.73. The lowest BCUT2D eigenvalue weighted by molar-refractivity contribution is -0.137. The maximum atomic E-state index is 13.3. The quantitative estimate of drug-likeness (QED) is 0.419. The van der Waals surface area contributed by atoms with Crippen LogP contribution in [0.5, 0.6) is 5.75 Å². The van der Waals surface area contributed by atoms with Gasteiger partial charge in [0.15, 0.2) is 5.78 Å².